The molecule has 0 unspecified atom stereocenters. The van der Waals surface area contributed by atoms with Gasteiger partial charge in [0.2, 0.25) is 0 Å². The van der Waals surface area contributed by atoms with Gasteiger partial charge in [0, 0.05) is 31.5 Å². The lowest BCUT2D eigenvalue weighted by Gasteiger charge is -2.11. The summed E-state index contributed by atoms with van der Waals surface area (Å²) in [6.07, 6.45) is 3.81. The molecule has 104 valence electrons. The van der Waals surface area contributed by atoms with Crippen molar-refractivity contribution in [3.8, 4) is 5.82 Å². The first kappa shape index (κ1) is 13.8. The molecular weight excluding hydrogens is 238 g/mol. The first-order valence-electron chi connectivity index (χ1n) is 6.74. The average molecular weight is 261 g/mol. The number of nitrogens with zero attached hydrogens (tertiary/aromatic N) is 4. The summed E-state index contributed by atoms with van der Waals surface area (Å²) in [5.74, 6) is 2.73. The van der Waals surface area contributed by atoms with E-state index in [2.05, 4.69) is 40.7 Å². The molecule has 0 spiro atoms. The Hall–Kier alpha value is -1.62. The Morgan fingerprint density at radius 3 is 2.63 bits per heavy atom. The highest BCUT2D eigenvalue weighted by atomic mass is 15.3. The molecule has 2 rings (SSSR count). The summed E-state index contributed by atoms with van der Waals surface area (Å²) in [6, 6.07) is 0. The highest BCUT2D eigenvalue weighted by Crippen LogP contribution is 2.19. The maximum Gasteiger partial charge on any atom is 0.140 e. The van der Waals surface area contributed by atoms with Gasteiger partial charge in [-0.2, -0.15) is 5.10 Å². The predicted octanol–water partition coefficient (Wildman–Crippen LogP) is 1.97. The number of aromatic nitrogens is 4. The van der Waals surface area contributed by atoms with Crippen LogP contribution < -0.4 is 5.32 Å². The maximum absolute atomic E-state index is 4.53. The van der Waals surface area contributed by atoms with Gasteiger partial charge in [-0.05, 0) is 26.3 Å². The van der Waals surface area contributed by atoms with Crippen molar-refractivity contribution in [2.75, 3.05) is 6.54 Å². The zero-order valence-electron chi connectivity index (χ0n) is 12.4. The molecule has 0 saturated heterocycles. The van der Waals surface area contributed by atoms with Crippen LogP contribution in [0.2, 0.25) is 0 Å². The molecule has 2 heterocycles. The van der Waals surface area contributed by atoms with Crippen LogP contribution in [-0.2, 0) is 13.6 Å². The molecule has 0 fully saturated rings. The third-order valence-electron chi connectivity index (χ3n) is 3.22. The van der Waals surface area contributed by atoms with Crippen molar-refractivity contribution in [1.82, 2.24) is 24.6 Å². The number of nitrogens with one attached hydrogen (secondary N) is 1. The van der Waals surface area contributed by atoms with E-state index in [1.165, 1.54) is 5.56 Å². The number of aryl methyl sites for hydroxylation is 3. The number of rotatable bonds is 5. The quantitative estimate of drug-likeness (QED) is 0.895. The molecule has 19 heavy (non-hydrogen) atoms. The fourth-order valence-electron chi connectivity index (χ4n) is 2.29. The van der Waals surface area contributed by atoms with Gasteiger partial charge < -0.3 is 5.32 Å². The van der Waals surface area contributed by atoms with Gasteiger partial charge in [0.15, 0.2) is 0 Å². The Morgan fingerprint density at radius 1 is 1.32 bits per heavy atom. The van der Waals surface area contributed by atoms with Crippen LogP contribution >= 0.6 is 0 Å². The number of hydrogen-bond donors (Lipinski definition) is 1. The summed E-state index contributed by atoms with van der Waals surface area (Å²) in [4.78, 5) is 4.29. The van der Waals surface area contributed by atoms with Crippen LogP contribution in [0, 0.1) is 19.8 Å². The van der Waals surface area contributed by atoms with Crippen molar-refractivity contribution >= 4 is 0 Å². The van der Waals surface area contributed by atoms with Gasteiger partial charge >= 0.3 is 0 Å². The van der Waals surface area contributed by atoms with Gasteiger partial charge in [-0.3, -0.25) is 9.25 Å². The zero-order chi connectivity index (χ0) is 14.0. The van der Waals surface area contributed by atoms with E-state index in [1.807, 2.05) is 31.0 Å². The fraction of sp³-hybridized carbons (Fsp3) is 0.571. The molecule has 5 heteroatoms. The molecule has 0 aliphatic carbocycles. The Balaban J connectivity index is 2.30. The topological polar surface area (TPSA) is 47.7 Å². The molecule has 0 aliphatic rings. The lowest BCUT2D eigenvalue weighted by atomic mass is 10.2. The molecule has 2 aromatic heterocycles. The molecule has 0 amide bonds. The third-order valence-corrected chi connectivity index (χ3v) is 3.22. The van der Waals surface area contributed by atoms with E-state index in [1.54, 1.807) is 0 Å². The molecule has 0 atom stereocenters. The van der Waals surface area contributed by atoms with Crippen LogP contribution in [0.5, 0.6) is 0 Å². The zero-order valence-corrected chi connectivity index (χ0v) is 12.4. The van der Waals surface area contributed by atoms with Gasteiger partial charge in [0.1, 0.15) is 11.6 Å². The monoisotopic (exact) mass is 261 g/mol. The standard InChI is InChI=1S/C14H23N5/c1-10(2)8-15-9-13-11(3)17-18(5)14(13)19-7-6-16-12(19)4/h6-7,10,15H,8-9H2,1-5H3. The van der Waals surface area contributed by atoms with Crippen LogP contribution in [0.1, 0.15) is 30.9 Å². The Morgan fingerprint density at radius 2 is 2.05 bits per heavy atom. The highest BCUT2D eigenvalue weighted by Gasteiger charge is 2.15. The van der Waals surface area contributed by atoms with E-state index in [4.69, 9.17) is 0 Å². The third kappa shape index (κ3) is 2.87. The average Bonchev–Trinajstić information content (AvgIpc) is 2.83. The van der Waals surface area contributed by atoms with Crippen LogP contribution in [0.15, 0.2) is 12.4 Å². The van der Waals surface area contributed by atoms with Crippen molar-refractivity contribution in [3.63, 3.8) is 0 Å². The van der Waals surface area contributed by atoms with E-state index in [-0.39, 0.29) is 0 Å². The maximum atomic E-state index is 4.53. The predicted molar refractivity (Wildman–Crippen MR) is 76.3 cm³/mol. The normalized spacial score (nSPS) is 11.5. The second-order valence-corrected chi connectivity index (χ2v) is 5.38. The second-order valence-electron chi connectivity index (χ2n) is 5.38. The van der Waals surface area contributed by atoms with Gasteiger partial charge in [0.25, 0.3) is 0 Å². The van der Waals surface area contributed by atoms with Gasteiger partial charge in [-0.15, -0.1) is 0 Å². The smallest absolute Gasteiger partial charge is 0.140 e. The molecule has 5 nitrogen and oxygen atoms in total. The lowest BCUT2D eigenvalue weighted by molar-refractivity contribution is 0.550. The van der Waals surface area contributed by atoms with Gasteiger partial charge in [-0.1, -0.05) is 13.8 Å². The van der Waals surface area contributed by atoms with E-state index in [0.717, 1.165) is 30.4 Å². The first-order chi connectivity index (χ1) is 9.00. The molecule has 0 saturated carbocycles. The summed E-state index contributed by atoms with van der Waals surface area (Å²) in [5, 5.41) is 8.02. The van der Waals surface area contributed by atoms with E-state index >= 15 is 0 Å². The van der Waals surface area contributed by atoms with Crippen LogP contribution in [0.3, 0.4) is 0 Å². The minimum absolute atomic E-state index is 0.649. The van der Waals surface area contributed by atoms with Crippen LogP contribution in [-0.4, -0.2) is 25.9 Å². The summed E-state index contributed by atoms with van der Waals surface area (Å²) in [6.45, 7) is 10.3. The molecule has 0 aromatic carbocycles. The highest BCUT2D eigenvalue weighted by molar-refractivity contribution is 5.39. The van der Waals surface area contributed by atoms with E-state index < -0.39 is 0 Å². The van der Waals surface area contributed by atoms with Gasteiger partial charge in [0.05, 0.1) is 5.69 Å². The lowest BCUT2D eigenvalue weighted by Crippen LogP contribution is -2.20. The van der Waals surface area contributed by atoms with Crippen molar-refractivity contribution in [2.45, 2.75) is 34.2 Å². The first-order valence-corrected chi connectivity index (χ1v) is 6.74. The summed E-state index contributed by atoms with van der Waals surface area (Å²) in [7, 11) is 1.98. The van der Waals surface area contributed by atoms with Crippen molar-refractivity contribution in [1.29, 1.82) is 0 Å². The summed E-state index contributed by atoms with van der Waals surface area (Å²) in [5.41, 5.74) is 2.31. The fourth-order valence-corrected chi connectivity index (χ4v) is 2.29. The van der Waals surface area contributed by atoms with Crippen LogP contribution in [0.25, 0.3) is 5.82 Å². The molecule has 0 radical (unpaired) electrons. The Bertz CT molecular complexity index is 550. The minimum atomic E-state index is 0.649. The molecular formula is C14H23N5. The molecule has 0 aliphatic heterocycles. The molecule has 0 bridgehead atoms. The minimum Gasteiger partial charge on any atom is -0.312 e. The van der Waals surface area contributed by atoms with E-state index in [9.17, 15) is 0 Å². The van der Waals surface area contributed by atoms with Crippen molar-refractivity contribution < 1.29 is 0 Å². The number of hydrogen-bond acceptors (Lipinski definition) is 3. The van der Waals surface area contributed by atoms with Crippen molar-refractivity contribution in [3.05, 3.63) is 29.5 Å². The SMILES string of the molecule is Cc1nn(C)c(-n2ccnc2C)c1CNCC(C)C. The van der Waals surface area contributed by atoms with Crippen LogP contribution in [0.4, 0.5) is 0 Å². The largest absolute Gasteiger partial charge is 0.312 e. The number of imidazole rings is 1. The second kappa shape index (κ2) is 5.57. The van der Waals surface area contributed by atoms with Crippen molar-refractivity contribution in [2.24, 2.45) is 13.0 Å². The summed E-state index contributed by atoms with van der Waals surface area (Å²) < 4.78 is 4.02. The van der Waals surface area contributed by atoms with E-state index in [0.29, 0.717) is 5.92 Å². The Labute approximate surface area is 114 Å². The Kier molecular flexibility index (Phi) is 4.04. The van der Waals surface area contributed by atoms with Gasteiger partial charge in [-0.25, -0.2) is 4.98 Å². The molecule has 1 N–H and O–H groups in total. The summed E-state index contributed by atoms with van der Waals surface area (Å²) >= 11 is 0. The molecule has 2 aromatic rings.